The maximum Gasteiger partial charge on any atom is 0.322 e. The lowest BCUT2D eigenvalue weighted by atomic mass is 10.1. The second-order valence-electron chi connectivity index (χ2n) is 3.62. The van der Waals surface area contributed by atoms with Crippen molar-refractivity contribution >= 4 is 23.7 Å². The Morgan fingerprint density at radius 3 is 2.28 bits per heavy atom. The Balaban J connectivity index is 3.04. The molecule has 1 aromatic rings. The van der Waals surface area contributed by atoms with Gasteiger partial charge < -0.3 is 9.47 Å². The second kappa shape index (κ2) is 7.06. The van der Waals surface area contributed by atoms with E-state index in [9.17, 15) is 9.59 Å². The molecular formula is C13H16O4S. The van der Waals surface area contributed by atoms with E-state index in [0.717, 1.165) is 5.56 Å². The standard InChI is InChI=1S/C13H16O4S/c1-9(14)17-11(10-7-5-4-6-8-10)12(18-3)13(15)16-2/h4-8,11-12H,1-3H3/t11-,12-/m0/s1. The summed E-state index contributed by atoms with van der Waals surface area (Å²) >= 11 is 1.30. The highest BCUT2D eigenvalue weighted by atomic mass is 32.2. The summed E-state index contributed by atoms with van der Waals surface area (Å²) in [5, 5.41) is -0.568. The van der Waals surface area contributed by atoms with Gasteiger partial charge in [-0.2, -0.15) is 0 Å². The molecule has 5 heteroatoms. The summed E-state index contributed by atoms with van der Waals surface area (Å²) in [5.74, 6) is -0.829. The molecule has 0 unspecified atom stereocenters. The monoisotopic (exact) mass is 268 g/mol. The summed E-state index contributed by atoms with van der Waals surface area (Å²) in [5.41, 5.74) is 0.775. The van der Waals surface area contributed by atoms with Gasteiger partial charge in [-0.3, -0.25) is 9.59 Å². The fraction of sp³-hybridized carbons (Fsp3) is 0.385. The maximum atomic E-state index is 11.7. The van der Waals surface area contributed by atoms with E-state index >= 15 is 0 Å². The van der Waals surface area contributed by atoms with E-state index in [1.54, 1.807) is 6.26 Å². The van der Waals surface area contributed by atoms with Gasteiger partial charge in [0.2, 0.25) is 0 Å². The average Bonchev–Trinajstić information content (AvgIpc) is 2.38. The normalized spacial score (nSPS) is 13.5. The van der Waals surface area contributed by atoms with Crippen molar-refractivity contribution in [1.82, 2.24) is 0 Å². The number of benzene rings is 1. The molecule has 98 valence electrons. The number of thioether (sulfide) groups is 1. The molecule has 18 heavy (non-hydrogen) atoms. The highest BCUT2D eigenvalue weighted by Gasteiger charge is 2.32. The van der Waals surface area contributed by atoms with Gasteiger partial charge in [0.15, 0.2) is 0 Å². The molecule has 0 bridgehead atoms. The molecule has 0 aliphatic heterocycles. The molecule has 2 atom stereocenters. The number of ether oxygens (including phenoxy) is 2. The van der Waals surface area contributed by atoms with Crippen LogP contribution < -0.4 is 0 Å². The van der Waals surface area contributed by atoms with E-state index in [-0.39, 0.29) is 0 Å². The molecule has 1 aromatic carbocycles. The number of hydrogen-bond donors (Lipinski definition) is 0. The van der Waals surface area contributed by atoms with E-state index in [2.05, 4.69) is 0 Å². The predicted octanol–water partition coefficient (Wildman–Crippen LogP) is 2.20. The predicted molar refractivity (Wildman–Crippen MR) is 70.3 cm³/mol. The number of methoxy groups -OCH3 is 1. The number of carbonyl (C=O) groups is 2. The van der Waals surface area contributed by atoms with Crippen molar-refractivity contribution in [2.45, 2.75) is 18.3 Å². The van der Waals surface area contributed by atoms with Crippen molar-refractivity contribution in [1.29, 1.82) is 0 Å². The van der Waals surface area contributed by atoms with Crippen molar-refractivity contribution < 1.29 is 19.1 Å². The molecule has 0 radical (unpaired) electrons. The third-order valence-electron chi connectivity index (χ3n) is 2.38. The van der Waals surface area contributed by atoms with E-state index in [1.165, 1.54) is 25.8 Å². The smallest absolute Gasteiger partial charge is 0.322 e. The van der Waals surface area contributed by atoms with E-state index in [0.29, 0.717) is 0 Å². The number of carbonyl (C=O) groups excluding carboxylic acids is 2. The van der Waals surface area contributed by atoms with Gasteiger partial charge in [-0.25, -0.2) is 0 Å². The zero-order valence-corrected chi connectivity index (χ0v) is 11.4. The highest BCUT2D eigenvalue weighted by molar-refractivity contribution is 7.99. The molecule has 4 nitrogen and oxygen atoms in total. The maximum absolute atomic E-state index is 11.7. The fourth-order valence-corrected chi connectivity index (χ4v) is 2.33. The number of esters is 2. The molecule has 0 N–H and O–H groups in total. The van der Waals surface area contributed by atoms with Crippen LogP contribution in [0.5, 0.6) is 0 Å². The van der Waals surface area contributed by atoms with Crippen molar-refractivity contribution in [3.63, 3.8) is 0 Å². The van der Waals surface area contributed by atoms with E-state index in [1.807, 2.05) is 30.3 Å². The first-order valence-electron chi connectivity index (χ1n) is 5.43. The summed E-state index contributed by atoms with van der Waals surface area (Å²) in [6.07, 6.45) is 1.15. The first kappa shape index (κ1) is 14.6. The number of hydrogen-bond acceptors (Lipinski definition) is 5. The summed E-state index contributed by atoms with van der Waals surface area (Å²) in [4.78, 5) is 22.9. The second-order valence-corrected chi connectivity index (χ2v) is 4.60. The Bertz CT molecular complexity index is 405. The van der Waals surface area contributed by atoms with Gasteiger partial charge in [-0.1, -0.05) is 30.3 Å². The van der Waals surface area contributed by atoms with Crippen LogP contribution in [-0.4, -0.2) is 30.6 Å². The van der Waals surface area contributed by atoms with Crippen LogP contribution in [0.15, 0.2) is 30.3 Å². The Morgan fingerprint density at radius 1 is 1.22 bits per heavy atom. The molecule has 0 amide bonds. The van der Waals surface area contributed by atoms with Gasteiger partial charge in [0, 0.05) is 6.92 Å². The molecule has 0 spiro atoms. The van der Waals surface area contributed by atoms with Gasteiger partial charge in [-0.15, -0.1) is 11.8 Å². The third-order valence-corrected chi connectivity index (χ3v) is 3.33. The minimum absolute atomic E-state index is 0.405. The SMILES string of the molecule is COC(=O)[C@@H](SC)[C@@H](OC(C)=O)c1ccccc1. The van der Waals surface area contributed by atoms with Gasteiger partial charge in [0.25, 0.3) is 0 Å². The lowest BCUT2D eigenvalue weighted by Gasteiger charge is -2.23. The van der Waals surface area contributed by atoms with Crippen LogP contribution in [0.2, 0.25) is 0 Å². The van der Waals surface area contributed by atoms with Crippen LogP contribution >= 0.6 is 11.8 Å². The Hall–Kier alpha value is -1.49. The number of rotatable bonds is 5. The van der Waals surface area contributed by atoms with Crippen LogP contribution in [-0.2, 0) is 19.1 Å². The molecule has 0 saturated heterocycles. The quantitative estimate of drug-likeness (QED) is 0.766. The van der Waals surface area contributed by atoms with Crippen LogP contribution in [0.4, 0.5) is 0 Å². The van der Waals surface area contributed by atoms with Crippen LogP contribution in [0.3, 0.4) is 0 Å². The molecule has 0 aliphatic carbocycles. The first-order chi connectivity index (χ1) is 8.60. The van der Waals surface area contributed by atoms with Gasteiger partial charge in [0.05, 0.1) is 7.11 Å². The van der Waals surface area contributed by atoms with Gasteiger partial charge in [0.1, 0.15) is 11.4 Å². The Labute approximate surface area is 111 Å². The third kappa shape index (κ3) is 3.77. The van der Waals surface area contributed by atoms with Crippen LogP contribution in [0.25, 0.3) is 0 Å². The highest BCUT2D eigenvalue weighted by Crippen LogP contribution is 2.29. The van der Waals surface area contributed by atoms with E-state index < -0.39 is 23.3 Å². The summed E-state index contributed by atoms with van der Waals surface area (Å²) in [6.45, 7) is 1.32. The lowest BCUT2D eigenvalue weighted by Crippen LogP contribution is -2.29. The Kier molecular flexibility index (Phi) is 5.71. The fourth-order valence-electron chi connectivity index (χ4n) is 1.59. The van der Waals surface area contributed by atoms with Crippen LogP contribution in [0, 0.1) is 0 Å². The Morgan fingerprint density at radius 2 is 1.83 bits per heavy atom. The van der Waals surface area contributed by atoms with Crippen molar-refractivity contribution in [3.05, 3.63) is 35.9 Å². The minimum Gasteiger partial charge on any atom is -0.468 e. The molecule has 0 aromatic heterocycles. The van der Waals surface area contributed by atoms with Crippen molar-refractivity contribution in [2.24, 2.45) is 0 Å². The zero-order valence-electron chi connectivity index (χ0n) is 10.6. The summed E-state index contributed by atoms with van der Waals surface area (Å²) in [6, 6.07) is 9.17. The molecule has 1 rings (SSSR count). The zero-order chi connectivity index (χ0) is 13.5. The first-order valence-corrected chi connectivity index (χ1v) is 6.71. The molecule has 0 heterocycles. The summed E-state index contributed by atoms with van der Waals surface area (Å²) in [7, 11) is 1.32. The topological polar surface area (TPSA) is 52.6 Å². The van der Waals surface area contributed by atoms with E-state index in [4.69, 9.17) is 9.47 Å². The molecule has 0 fully saturated rings. The van der Waals surface area contributed by atoms with Crippen LogP contribution in [0.1, 0.15) is 18.6 Å². The van der Waals surface area contributed by atoms with Gasteiger partial charge in [-0.05, 0) is 11.8 Å². The minimum atomic E-state index is -0.633. The largest absolute Gasteiger partial charge is 0.468 e. The molecule has 0 aliphatic rings. The molecule has 0 saturated carbocycles. The van der Waals surface area contributed by atoms with Gasteiger partial charge >= 0.3 is 11.9 Å². The molecular weight excluding hydrogens is 252 g/mol. The lowest BCUT2D eigenvalue weighted by molar-refractivity contribution is -0.151. The summed E-state index contributed by atoms with van der Waals surface area (Å²) < 4.78 is 9.99. The average molecular weight is 268 g/mol. The van der Waals surface area contributed by atoms with Crippen molar-refractivity contribution in [3.8, 4) is 0 Å². The van der Waals surface area contributed by atoms with Crippen molar-refractivity contribution in [2.75, 3.05) is 13.4 Å².